The minimum Gasteiger partial charge on any atom is -0.379 e. The average Bonchev–Trinajstić information content (AvgIpc) is 3.15. The molecule has 1 saturated heterocycles. The standard InChI is InChI=1S/C21H26N8O2/c1-15-12-20(26-17-5-3-2-4-16(17)21(22)30)29(27-15)19-13-18(24-14-25-19)23-6-7-28-8-10-31-11-9-28/h2-5,12-14,26H,6-11H2,1H3,(H2,22,30)(H,23,24,25). The van der Waals surface area contributed by atoms with Crippen molar-refractivity contribution in [2.75, 3.05) is 50.0 Å². The molecule has 0 atom stereocenters. The number of anilines is 3. The van der Waals surface area contributed by atoms with Crippen molar-refractivity contribution in [3.05, 3.63) is 54.0 Å². The summed E-state index contributed by atoms with van der Waals surface area (Å²) in [7, 11) is 0. The minimum absolute atomic E-state index is 0.404. The van der Waals surface area contributed by atoms with E-state index >= 15 is 0 Å². The summed E-state index contributed by atoms with van der Waals surface area (Å²) in [6.07, 6.45) is 1.50. The van der Waals surface area contributed by atoms with Gasteiger partial charge in [0, 0.05) is 38.3 Å². The number of primary amides is 1. The summed E-state index contributed by atoms with van der Waals surface area (Å²) in [5.41, 5.74) is 7.32. The number of hydrogen-bond acceptors (Lipinski definition) is 8. The highest BCUT2D eigenvalue weighted by molar-refractivity contribution is 5.99. The third-order valence-corrected chi connectivity index (χ3v) is 4.99. The van der Waals surface area contributed by atoms with Crippen LogP contribution in [0.15, 0.2) is 42.7 Å². The van der Waals surface area contributed by atoms with E-state index in [0.29, 0.717) is 22.9 Å². The molecule has 0 unspecified atom stereocenters. The Morgan fingerprint density at radius 1 is 1.19 bits per heavy atom. The van der Waals surface area contributed by atoms with Gasteiger partial charge in [0.25, 0.3) is 5.91 Å². The van der Waals surface area contributed by atoms with E-state index in [1.54, 1.807) is 22.9 Å². The number of ether oxygens (including phenoxy) is 1. The summed E-state index contributed by atoms with van der Waals surface area (Å²) >= 11 is 0. The summed E-state index contributed by atoms with van der Waals surface area (Å²) in [5.74, 6) is 1.50. The van der Waals surface area contributed by atoms with Crippen LogP contribution in [0.5, 0.6) is 0 Å². The summed E-state index contributed by atoms with van der Waals surface area (Å²) in [5, 5.41) is 11.1. The Kier molecular flexibility index (Phi) is 6.39. The van der Waals surface area contributed by atoms with Crippen LogP contribution in [0.25, 0.3) is 5.82 Å². The summed E-state index contributed by atoms with van der Waals surface area (Å²) < 4.78 is 7.06. The molecule has 1 amide bonds. The highest BCUT2D eigenvalue weighted by Gasteiger charge is 2.14. The number of rotatable bonds is 8. The Labute approximate surface area is 180 Å². The van der Waals surface area contributed by atoms with Crippen molar-refractivity contribution in [1.29, 1.82) is 0 Å². The van der Waals surface area contributed by atoms with Gasteiger partial charge < -0.3 is 21.1 Å². The number of nitrogens with one attached hydrogen (secondary N) is 2. The van der Waals surface area contributed by atoms with Gasteiger partial charge in [0.2, 0.25) is 0 Å². The van der Waals surface area contributed by atoms with Crippen molar-refractivity contribution < 1.29 is 9.53 Å². The van der Waals surface area contributed by atoms with Gasteiger partial charge >= 0.3 is 0 Å². The first kappa shape index (κ1) is 20.8. The number of aromatic nitrogens is 4. The third-order valence-electron chi connectivity index (χ3n) is 4.99. The first-order chi connectivity index (χ1) is 15.1. The maximum absolute atomic E-state index is 11.8. The molecular formula is C21H26N8O2. The maximum atomic E-state index is 11.8. The van der Waals surface area contributed by atoms with Crippen molar-refractivity contribution in [3.63, 3.8) is 0 Å². The topological polar surface area (TPSA) is 123 Å². The molecule has 0 spiro atoms. The van der Waals surface area contributed by atoms with E-state index in [0.717, 1.165) is 50.9 Å². The lowest BCUT2D eigenvalue weighted by atomic mass is 10.1. The van der Waals surface area contributed by atoms with Crippen LogP contribution in [0, 0.1) is 6.92 Å². The summed E-state index contributed by atoms with van der Waals surface area (Å²) in [4.78, 5) is 22.8. The Morgan fingerprint density at radius 3 is 2.81 bits per heavy atom. The number of aryl methyl sites for hydroxylation is 1. The van der Waals surface area contributed by atoms with E-state index in [-0.39, 0.29) is 0 Å². The van der Waals surface area contributed by atoms with Crippen LogP contribution in [0.2, 0.25) is 0 Å². The van der Waals surface area contributed by atoms with Crippen LogP contribution in [-0.2, 0) is 4.74 Å². The molecule has 1 fully saturated rings. The van der Waals surface area contributed by atoms with Gasteiger partial charge in [0.05, 0.1) is 30.2 Å². The number of nitrogens with zero attached hydrogens (tertiary/aromatic N) is 5. The molecule has 3 heterocycles. The molecule has 0 aliphatic carbocycles. The van der Waals surface area contributed by atoms with Gasteiger partial charge in [0.1, 0.15) is 18.0 Å². The van der Waals surface area contributed by atoms with Crippen molar-refractivity contribution in [2.24, 2.45) is 5.73 Å². The summed E-state index contributed by atoms with van der Waals surface area (Å²) in [6, 6.07) is 10.8. The van der Waals surface area contributed by atoms with Crippen LogP contribution in [0.4, 0.5) is 17.3 Å². The van der Waals surface area contributed by atoms with Gasteiger partial charge in [-0.1, -0.05) is 12.1 Å². The largest absolute Gasteiger partial charge is 0.379 e. The first-order valence-electron chi connectivity index (χ1n) is 10.2. The Bertz CT molecular complexity index is 1050. The molecule has 31 heavy (non-hydrogen) atoms. The minimum atomic E-state index is -0.500. The fourth-order valence-electron chi connectivity index (χ4n) is 3.43. The van der Waals surface area contributed by atoms with E-state index in [9.17, 15) is 4.79 Å². The van der Waals surface area contributed by atoms with E-state index in [1.165, 1.54) is 6.33 Å². The van der Waals surface area contributed by atoms with Gasteiger partial charge in [-0.2, -0.15) is 9.78 Å². The highest BCUT2D eigenvalue weighted by Crippen LogP contribution is 2.24. The van der Waals surface area contributed by atoms with Crippen LogP contribution in [-0.4, -0.2) is 69.9 Å². The molecule has 4 N–H and O–H groups in total. The Balaban J connectivity index is 1.50. The van der Waals surface area contributed by atoms with Crippen LogP contribution in [0.3, 0.4) is 0 Å². The lowest BCUT2D eigenvalue weighted by Crippen LogP contribution is -2.39. The Hall–Kier alpha value is -3.50. The normalized spacial score (nSPS) is 14.4. The molecule has 10 heteroatoms. The number of amides is 1. The second-order valence-electron chi connectivity index (χ2n) is 7.26. The van der Waals surface area contributed by atoms with Gasteiger partial charge in [-0.3, -0.25) is 9.69 Å². The number of benzene rings is 1. The zero-order valence-electron chi connectivity index (χ0n) is 17.4. The van der Waals surface area contributed by atoms with Gasteiger partial charge in [-0.15, -0.1) is 0 Å². The number of nitrogens with two attached hydrogens (primary N) is 1. The van der Waals surface area contributed by atoms with Crippen molar-refractivity contribution >= 4 is 23.2 Å². The second-order valence-corrected chi connectivity index (χ2v) is 7.26. The zero-order chi connectivity index (χ0) is 21.6. The fraction of sp³-hybridized carbons (Fsp3) is 0.333. The molecule has 10 nitrogen and oxygen atoms in total. The zero-order valence-corrected chi connectivity index (χ0v) is 17.4. The van der Waals surface area contributed by atoms with E-state index < -0.39 is 5.91 Å². The number of hydrogen-bond donors (Lipinski definition) is 3. The monoisotopic (exact) mass is 422 g/mol. The summed E-state index contributed by atoms with van der Waals surface area (Å²) in [6.45, 7) is 7.04. The lowest BCUT2D eigenvalue weighted by Gasteiger charge is -2.26. The van der Waals surface area contributed by atoms with E-state index in [1.807, 2.05) is 25.1 Å². The van der Waals surface area contributed by atoms with Crippen molar-refractivity contribution in [2.45, 2.75) is 6.92 Å². The molecule has 1 aliphatic heterocycles. The lowest BCUT2D eigenvalue weighted by molar-refractivity contribution is 0.0398. The smallest absolute Gasteiger partial charge is 0.250 e. The molecule has 4 rings (SSSR count). The molecule has 162 valence electrons. The highest BCUT2D eigenvalue weighted by atomic mass is 16.5. The maximum Gasteiger partial charge on any atom is 0.250 e. The molecule has 3 aromatic rings. The Morgan fingerprint density at radius 2 is 2.00 bits per heavy atom. The number of morpholine rings is 1. The van der Waals surface area contributed by atoms with E-state index in [4.69, 9.17) is 10.5 Å². The average molecular weight is 422 g/mol. The quantitative estimate of drug-likeness (QED) is 0.500. The second kappa shape index (κ2) is 9.54. The van der Waals surface area contributed by atoms with Crippen LogP contribution in [0.1, 0.15) is 16.1 Å². The first-order valence-corrected chi connectivity index (χ1v) is 10.2. The van der Waals surface area contributed by atoms with Crippen LogP contribution < -0.4 is 16.4 Å². The predicted molar refractivity (Wildman–Crippen MR) is 118 cm³/mol. The van der Waals surface area contributed by atoms with Crippen molar-refractivity contribution in [1.82, 2.24) is 24.6 Å². The predicted octanol–water partition coefficient (Wildman–Crippen LogP) is 1.56. The molecule has 1 aromatic carbocycles. The number of para-hydroxylation sites is 1. The van der Waals surface area contributed by atoms with Gasteiger partial charge in [-0.25, -0.2) is 9.97 Å². The van der Waals surface area contributed by atoms with Crippen LogP contribution >= 0.6 is 0 Å². The van der Waals surface area contributed by atoms with E-state index in [2.05, 4.69) is 30.6 Å². The molecule has 0 saturated carbocycles. The fourth-order valence-corrected chi connectivity index (χ4v) is 3.43. The van der Waals surface area contributed by atoms with Crippen molar-refractivity contribution in [3.8, 4) is 5.82 Å². The number of carbonyl (C=O) groups is 1. The molecule has 1 aliphatic rings. The molecule has 2 aromatic heterocycles. The molecule has 0 bridgehead atoms. The SMILES string of the molecule is Cc1cc(Nc2ccccc2C(N)=O)n(-c2cc(NCCN3CCOCC3)ncn2)n1. The molecule has 0 radical (unpaired) electrons. The third kappa shape index (κ3) is 5.16. The number of carbonyl (C=O) groups excluding carboxylic acids is 1. The van der Waals surface area contributed by atoms with Gasteiger partial charge in [-0.05, 0) is 19.1 Å². The van der Waals surface area contributed by atoms with Gasteiger partial charge in [0.15, 0.2) is 5.82 Å². The molecular weight excluding hydrogens is 396 g/mol.